The summed E-state index contributed by atoms with van der Waals surface area (Å²) in [6, 6.07) is 8.04. The molecule has 1 aromatic heterocycles. The molecule has 0 fully saturated rings. The van der Waals surface area contributed by atoms with Gasteiger partial charge in [0, 0.05) is 6.07 Å². The molecule has 1 unspecified atom stereocenters. The van der Waals surface area contributed by atoms with Crippen molar-refractivity contribution in [3.8, 4) is 0 Å². The molecule has 1 N–H and O–H groups in total. The number of benzene rings is 2. The Morgan fingerprint density at radius 1 is 1.23 bits per heavy atom. The van der Waals surface area contributed by atoms with E-state index in [1.54, 1.807) is 25.1 Å². The van der Waals surface area contributed by atoms with E-state index in [4.69, 9.17) is 32.4 Å². The first-order valence-electron chi connectivity index (χ1n) is 8.83. The number of aromatic nitrogens is 1. The van der Waals surface area contributed by atoms with Crippen LogP contribution < -0.4 is 11.1 Å². The van der Waals surface area contributed by atoms with Crippen molar-refractivity contribution in [3.63, 3.8) is 0 Å². The van der Waals surface area contributed by atoms with Crippen molar-refractivity contribution in [2.45, 2.75) is 19.5 Å². The van der Waals surface area contributed by atoms with E-state index in [9.17, 15) is 24.5 Å². The molecule has 3 rings (SSSR count). The number of nitro groups is 1. The zero-order valence-corrected chi connectivity index (χ0v) is 17.5. The molecule has 0 spiro atoms. The summed E-state index contributed by atoms with van der Waals surface area (Å²) in [7, 11) is 0. The van der Waals surface area contributed by atoms with Gasteiger partial charge in [-0.25, -0.2) is 4.79 Å². The van der Waals surface area contributed by atoms with E-state index in [1.807, 2.05) is 0 Å². The third-order valence-corrected chi connectivity index (χ3v) is 5.07. The van der Waals surface area contributed by atoms with Crippen LogP contribution in [-0.4, -0.2) is 28.0 Å². The summed E-state index contributed by atoms with van der Waals surface area (Å²) in [4.78, 5) is 46.3. The first kappa shape index (κ1) is 22.3. The molecule has 1 atom stereocenters. The number of oxazole rings is 1. The van der Waals surface area contributed by atoms with Gasteiger partial charge in [0.15, 0.2) is 12.2 Å². The number of non-ortho nitro benzene ring substituents is 1. The van der Waals surface area contributed by atoms with Gasteiger partial charge in [-0.2, -0.15) is 0 Å². The lowest BCUT2D eigenvalue weighted by Gasteiger charge is -2.15. The van der Waals surface area contributed by atoms with Crippen LogP contribution >= 0.6 is 23.2 Å². The maximum atomic E-state index is 12.1. The van der Waals surface area contributed by atoms with Crippen LogP contribution in [0.25, 0.3) is 11.1 Å². The molecule has 0 aliphatic heterocycles. The first-order valence-corrected chi connectivity index (χ1v) is 9.59. The minimum absolute atomic E-state index is 0.0415. The molecular weight excluding hydrogens is 453 g/mol. The molecule has 0 saturated carbocycles. The van der Waals surface area contributed by atoms with E-state index in [-0.39, 0.29) is 16.8 Å². The number of fused-ring (bicyclic) bond motifs is 1. The van der Waals surface area contributed by atoms with Gasteiger partial charge >= 0.3 is 11.7 Å². The Hall–Kier alpha value is -3.37. The SMILES string of the molecule is CC(NC(=O)COC(=O)Cn1c(=O)oc2cc([N+](=O)[O-])ccc21)c1ccc(Cl)c(Cl)c1. The highest BCUT2D eigenvalue weighted by Gasteiger charge is 2.18. The van der Waals surface area contributed by atoms with E-state index >= 15 is 0 Å². The third-order valence-electron chi connectivity index (χ3n) is 4.34. The van der Waals surface area contributed by atoms with Crippen molar-refractivity contribution in [1.82, 2.24) is 9.88 Å². The largest absolute Gasteiger partial charge is 0.454 e. The van der Waals surface area contributed by atoms with Crippen LogP contribution in [-0.2, 0) is 20.9 Å². The van der Waals surface area contributed by atoms with Crippen molar-refractivity contribution in [2.75, 3.05) is 6.61 Å². The fourth-order valence-electron chi connectivity index (χ4n) is 2.79. The number of nitro benzene ring substituents is 1. The van der Waals surface area contributed by atoms with Crippen LogP contribution in [0.15, 0.2) is 45.6 Å². The topological polar surface area (TPSA) is 134 Å². The van der Waals surface area contributed by atoms with Gasteiger partial charge in [0.25, 0.3) is 11.6 Å². The summed E-state index contributed by atoms with van der Waals surface area (Å²) in [6.45, 7) is 0.620. The zero-order chi connectivity index (χ0) is 22.7. The maximum Gasteiger partial charge on any atom is 0.420 e. The summed E-state index contributed by atoms with van der Waals surface area (Å²) in [5.41, 5.74) is 0.591. The number of ether oxygens (including phenoxy) is 1. The molecule has 0 radical (unpaired) electrons. The Morgan fingerprint density at radius 3 is 2.65 bits per heavy atom. The van der Waals surface area contributed by atoms with Crippen LogP contribution in [0.1, 0.15) is 18.5 Å². The Labute approximate surface area is 184 Å². The van der Waals surface area contributed by atoms with Crippen LogP contribution in [0.4, 0.5) is 5.69 Å². The van der Waals surface area contributed by atoms with Crippen LogP contribution in [0.2, 0.25) is 10.0 Å². The van der Waals surface area contributed by atoms with Crippen molar-refractivity contribution in [3.05, 3.63) is 72.7 Å². The minimum atomic E-state index is -0.884. The highest BCUT2D eigenvalue weighted by molar-refractivity contribution is 6.42. The normalized spacial score (nSPS) is 11.8. The monoisotopic (exact) mass is 467 g/mol. The minimum Gasteiger partial charge on any atom is -0.454 e. The van der Waals surface area contributed by atoms with Gasteiger partial charge in [-0.15, -0.1) is 0 Å². The van der Waals surface area contributed by atoms with Crippen LogP contribution in [0, 0.1) is 10.1 Å². The lowest BCUT2D eigenvalue weighted by atomic mass is 10.1. The molecule has 31 heavy (non-hydrogen) atoms. The van der Waals surface area contributed by atoms with Crippen molar-refractivity contribution in [2.24, 2.45) is 0 Å². The Bertz CT molecular complexity index is 1230. The predicted molar refractivity (Wildman–Crippen MR) is 111 cm³/mol. The molecule has 162 valence electrons. The number of rotatable bonds is 7. The molecule has 0 aliphatic rings. The van der Waals surface area contributed by atoms with Crippen molar-refractivity contribution < 1.29 is 23.7 Å². The van der Waals surface area contributed by atoms with Gasteiger partial charge in [-0.3, -0.25) is 24.3 Å². The summed E-state index contributed by atoms with van der Waals surface area (Å²) in [6.07, 6.45) is 0. The molecule has 0 bridgehead atoms. The highest BCUT2D eigenvalue weighted by atomic mass is 35.5. The molecule has 0 saturated heterocycles. The average Bonchev–Trinajstić information content (AvgIpc) is 3.02. The quantitative estimate of drug-likeness (QED) is 0.320. The highest BCUT2D eigenvalue weighted by Crippen LogP contribution is 2.25. The molecule has 3 aromatic rings. The predicted octanol–water partition coefficient (Wildman–Crippen LogP) is 3.23. The number of carbonyl (C=O) groups excluding carboxylic acids is 2. The Morgan fingerprint density at radius 2 is 1.97 bits per heavy atom. The molecular formula is C19H15Cl2N3O7. The lowest BCUT2D eigenvalue weighted by molar-refractivity contribution is -0.384. The second-order valence-electron chi connectivity index (χ2n) is 6.49. The summed E-state index contributed by atoms with van der Waals surface area (Å²) < 4.78 is 10.8. The number of carbonyl (C=O) groups is 2. The van der Waals surface area contributed by atoms with E-state index in [1.165, 1.54) is 12.1 Å². The Kier molecular flexibility index (Phi) is 6.62. The second-order valence-corrected chi connectivity index (χ2v) is 7.30. The summed E-state index contributed by atoms with van der Waals surface area (Å²) >= 11 is 11.8. The van der Waals surface area contributed by atoms with E-state index in [2.05, 4.69) is 5.32 Å². The molecule has 1 heterocycles. The number of amides is 1. The second kappa shape index (κ2) is 9.19. The van der Waals surface area contributed by atoms with E-state index < -0.39 is 41.7 Å². The van der Waals surface area contributed by atoms with Crippen molar-refractivity contribution >= 4 is 51.9 Å². The molecule has 0 aliphatic carbocycles. The van der Waals surface area contributed by atoms with E-state index in [0.717, 1.165) is 10.6 Å². The van der Waals surface area contributed by atoms with E-state index in [0.29, 0.717) is 15.6 Å². The van der Waals surface area contributed by atoms with Gasteiger partial charge in [0.05, 0.1) is 32.6 Å². The first-order chi connectivity index (χ1) is 14.7. The molecule has 2 aromatic carbocycles. The zero-order valence-electron chi connectivity index (χ0n) is 16.0. The average molecular weight is 468 g/mol. The Balaban J connectivity index is 1.59. The third kappa shape index (κ3) is 5.22. The van der Waals surface area contributed by atoms with Gasteiger partial charge in [0.2, 0.25) is 0 Å². The van der Waals surface area contributed by atoms with Gasteiger partial charge in [-0.05, 0) is 30.7 Å². The fourth-order valence-corrected chi connectivity index (χ4v) is 3.09. The summed E-state index contributed by atoms with van der Waals surface area (Å²) in [5, 5.41) is 14.2. The number of nitrogens with zero attached hydrogens (tertiary/aromatic N) is 2. The van der Waals surface area contributed by atoms with Gasteiger partial charge < -0.3 is 14.5 Å². The summed E-state index contributed by atoms with van der Waals surface area (Å²) in [5.74, 6) is -2.31. The van der Waals surface area contributed by atoms with Gasteiger partial charge in [-0.1, -0.05) is 29.3 Å². The van der Waals surface area contributed by atoms with Crippen LogP contribution in [0.5, 0.6) is 0 Å². The van der Waals surface area contributed by atoms with Crippen LogP contribution in [0.3, 0.4) is 0 Å². The molecule has 12 heteroatoms. The maximum absolute atomic E-state index is 12.1. The molecule has 10 nitrogen and oxygen atoms in total. The van der Waals surface area contributed by atoms with Crippen molar-refractivity contribution in [1.29, 1.82) is 0 Å². The van der Waals surface area contributed by atoms with Gasteiger partial charge in [0.1, 0.15) is 6.54 Å². The number of hydrogen-bond acceptors (Lipinski definition) is 7. The number of hydrogen-bond donors (Lipinski definition) is 1. The fraction of sp³-hybridized carbons (Fsp3) is 0.211. The smallest absolute Gasteiger partial charge is 0.420 e. The standard InChI is InChI=1S/C19H15Cl2N3O7/c1-10(11-2-4-13(20)14(21)6-11)22-17(25)9-30-18(26)8-23-15-5-3-12(24(28)29)7-16(15)31-19(23)27/h2-7,10H,8-9H2,1H3,(H,22,25). The number of esters is 1. The lowest BCUT2D eigenvalue weighted by Crippen LogP contribution is -2.32. The number of nitrogens with one attached hydrogen (secondary N) is 1. The number of halogens is 2. The molecule has 1 amide bonds.